The van der Waals surface area contributed by atoms with Crippen LogP contribution < -0.4 is 10.1 Å². The summed E-state index contributed by atoms with van der Waals surface area (Å²) in [5.41, 5.74) is 1.83. The summed E-state index contributed by atoms with van der Waals surface area (Å²) in [7, 11) is 0. The number of nitrogens with one attached hydrogen (secondary N) is 2. The maximum atomic E-state index is 12.4. The van der Waals surface area contributed by atoms with Crippen LogP contribution in [0.25, 0.3) is 0 Å². The number of amides is 1. The molecule has 0 aliphatic heterocycles. The Bertz CT molecular complexity index is 699. The van der Waals surface area contributed by atoms with Crippen molar-refractivity contribution in [3.8, 4) is 5.75 Å². The molecule has 1 amide bonds. The van der Waals surface area contributed by atoms with Gasteiger partial charge in [0.2, 0.25) is 0 Å². The fourth-order valence-corrected chi connectivity index (χ4v) is 2.39. The van der Waals surface area contributed by atoms with Crippen LogP contribution in [0, 0.1) is 0 Å². The van der Waals surface area contributed by atoms with Crippen LogP contribution in [0.2, 0.25) is 0 Å². The van der Waals surface area contributed by atoms with Gasteiger partial charge in [0.1, 0.15) is 11.4 Å². The van der Waals surface area contributed by atoms with Gasteiger partial charge in [-0.2, -0.15) is 15.4 Å². The third-order valence-electron chi connectivity index (χ3n) is 3.58. The van der Waals surface area contributed by atoms with Crippen LogP contribution in [0.3, 0.4) is 0 Å². The molecule has 0 saturated heterocycles. The molecule has 0 bridgehead atoms. The van der Waals surface area contributed by atoms with E-state index in [1.165, 1.54) is 0 Å². The van der Waals surface area contributed by atoms with Gasteiger partial charge in [-0.3, -0.25) is 4.79 Å². The Hall–Kier alpha value is -2.37. The lowest BCUT2D eigenvalue weighted by molar-refractivity contribution is 0.0943. The molecule has 0 radical (unpaired) electrons. The van der Waals surface area contributed by atoms with E-state index in [0.717, 1.165) is 29.8 Å². The Kier molecular flexibility index (Phi) is 4.07. The molecular weight excluding hydrogens is 292 g/mol. The average Bonchev–Trinajstić information content (AvgIpc) is 3.21. The summed E-state index contributed by atoms with van der Waals surface area (Å²) in [6.45, 7) is 6.39. The van der Waals surface area contributed by atoms with E-state index >= 15 is 0 Å². The van der Waals surface area contributed by atoms with Gasteiger partial charge < -0.3 is 10.1 Å². The Morgan fingerprint density at radius 2 is 2.04 bits per heavy atom. The zero-order valence-corrected chi connectivity index (χ0v) is 13.7. The maximum Gasteiger partial charge on any atom is 0.274 e. The minimum atomic E-state index is -0.286. The van der Waals surface area contributed by atoms with Gasteiger partial charge in [-0.25, -0.2) is 0 Å². The highest BCUT2D eigenvalue weighted by atomic mass is 16.5. The number of nitrogens with zero attached hydrogens (tertiary/aromatic N) is 2. The van der Waals surface area contributed by atoms with E-state index in [0.29, 0.717) is 18.2 Å². The number of benzene rings is 1. The normalized spacial score (nSPS) is 14.6. The zero-order valence-electron chi connectivity index (χ0n) is 13.7. The molecule has 122 valence electrons. The lowest BCUT2D eigenvalue weighted by Gasteiger charge is -2.23. The molecule has 0 atom stereocenters. The van der Waals surface area contributed by atoms with E-state index in [9.17, 15) is 4.79 Å². The second-order valence-electron chi connectivity index (χ2n) is 6.84. The van der Waals surface area contributed by atoms with Crippen LogP contribution in [0.1, 0.15) is 61.3 Å². The summed E-state index contributed by atoms with van der Waals surface area (Å²) in [5, 5.41) is 13.6. The van der Waals surface area contributed by atoms with Gasteiger partial charge in [-0.1, -0.05) is 18.2 Å². The fraction of sp³-hybridized carbons (Fsp3) is 0.471. The van der Waals surface area contributed by atoms with Gasteiger partial charge in [-0.05, 0) is 39.7 Å². The first kappa shape index (κ1) is 15.5. The standard InChI is InChI=1S/C17H22N4O2/c1-17(2,3)23-13-7-5-4-6-12(13)10-18-16(22)15-14(11-8-9-11)19-21-20-15/h4-7,11H,8-10H2,1-3H3,(H,18,22)(H,19,20,21). The Morgan fingerprint density at radius 1 is 1.30 bits per heavy atom. The molecule has 1 aromatic carbocycles. The van der Waals surface area contributed by atoms with E-state index in [-0.39, 0.29) is 11.5 Å². The monoisotopic (exact) mass is 314 g/mol. The van der Waals surface area contributed by atoms with E-state index in [4.69, 9.17) is 4.74 Å². The lowest BCUT2D eigenvalue weighted by atomic mass is 10.1. The molecule has 2 aromatic rings. The number of ether oxygens (including phenoxy) is 1. The fourth-order valence-electron chi connectivity index (χ4n) is 2.39. The van der Waals surface area contributed by atoms with Crippen LogP contribution in [-0.2, 0) is 6.54 Å². The molecular formula is C17H22N4O2. The summed E-state index contributed by atoms with van der Waals surface area (Å²) in [4.78, 5) is 12.4. The summed E-state index contributed by atoms with van der Waals surface area (Å²) >= 11 is 0. The molecule has 23 heavy (non-hydrogen) atoms. The van der Waals surface area contributed by atoms with Crippen LogP contribution >= 0.6 is 0 Å². The number of carbonyl (C=O) groups is 1. The predicted octanol–water partition coefficient (Wildman–Crippen LogP) is 2.79. The van der Waals surface area contributed by atoms with Gasteiger partial charge in [0, 0.05) is 18.0 Å². The second kappa shape index (κ2) is 6.02. The number of rotatable bonds is 5. The highest BCUT2D eigenvalue weighted by Crippen LogP contribution is 2.39. The van der Waals surface area contributed by atoms with E-state index in [1.54, 1.807) is 0 Å². The minimum Gasteiger partial charge on any atom is -0.488 e. The lowest BCUT2D eigenvalue weighted by Crippen LogP contribution is -2.27. The number of hydrogen-bond acceptors (Lipinski definition) is 4. The minimum absolute atomic E-state index is 0.203. The summed E-state index contributed by atoms with van der Waals surface area (Å²) in [6.07, 6.45) is 2.16. The Labute approximate surface area is 135 Å². The van der Waals surface area contributed by atoms with Crippen molar-refractivity contribution in [1.29, 1.82) is 0 Å². The molecule has 0 unspecified atom stereocenters. The van der Waals surface area contributed by atoms with Gasteiger partial charge >= 0.3 is 0 Å². The number of para-hydroxylation sites is 1. The summed E-state index contributed by atoms with van der Waals surface area (Å²) < 4.78 is 5.94. The topological polar surface area (TPSA) is 79.9 Å². The highest BCUT2D eigenvalue weighted by Gasteiger charge is 2.31. The third kappa shape index (κ3) is 3.88. The van der Waals surface area contributed by atoms with Crippen molar-refractivity contribution in [2.24, 2.45) is 0 Å². The van der Waals surface area contributed by atoms with E-state index in [2.05, 4.69) is 20.7 Å². The molecule has 6 heteroatoms. The molecule has 1 fully saturated rings. The third-order valence-corrected chi connectivity index (χ3v) is 3.58. The molecule has 0 spiro atoms. The van der Waals surface area contributed by atoms with Gasteiger partial charge in [0.05, 0.1) is 5.69 Å². The van der Waals surface area contributed by atoms with Crippen LogP contribution in [0.4, 0.5) is 0 Å². The van der Waals surface area contributed by atoms with Crippen molar-refractivity contribution in [2.75, 3.05) is 0 Å². The van der Waals surface area contributed by atoms with Crippen LogP contribution in [0.5, 0.6) is 5.75 Å². The molecule has 6 nitrogen and oxygen atoms in total. The Morgan fingerprint density at radius 3 is 2.74 bits per heavy atom. The Balaban J connectivity index is 1.68. The number of aromatic nitrogens is 3. The SMILES string of the molecule is CC(C)(C)Oc1ccccc1CNC(=O)c1n[nH]nc1C1CC1. The first-order chi connectivity index (χ1) is 10.9. The molecule has 1 aromatic heterocycles. The molecule has 1 heterocycles. The molecule has 1 aliphatic carbocycles. The smallest absolute Gasteiger partial charge is 0.274 e. The van der Waals surface area contributed by atoms with Crippen LogP contribution in [-0.4, -0.2) is 26.9 Å². The molecule has 2 N–H and O–H groups in total. The van der Waals surface area contributed by atoms with Crippen molar-refractivity contribution in [3.63, 3.8) is 0 Å². The quantitative estimate of drug-likeness (QED) is 0.889. The average molecular weight is 314 g/mol. The second-order valence-corrected chi connectivity index (χ2v) is 6.84. The van der Waals surface area contributed by atoms with Gasteiger partial charge in [0.25, 0.3) is 5.91 Å². The van der Waals surface area contributed by atoms with Crippen molar-refractivity contribution < 1.29 is 9.53 Å². The number of aromatic amines is 1. The van der Waals surface area contributed by atoms with Crippen molar-refractivity contribution in [2.45, 2.75) is 51.7 Å². The van der Waals surface area contributed by atoms with E-state index < -0.39 is 0 Å². The first-order valence-corrected chi connectivity index (χ1v) is 7.90. The number of hydrogen-bond donors (Lipinski definition) is 2. The largest absolute Gasteiger partial charge is 0.488 e. The van der Waals surface area contributed by atoms with Gasteiger partial charge in [0.15, 0.2) is 5.69 Å². The number of H-pyrrole nitrogens is 1. The molecule has 1 aliphatic rings. The van der Waals surface area contributed by atoms with Crippen molar-refractivity contribution >= 4 is 5.91 Å². The summed E-state index contributed by atoms with van der Waals surface area (Å²) in [5.74, 6) is 0.958. The van der Waals surface area contributed by atoms with E-state index in [1.807, 2.05) is 45.0 Å². The summed E-state index contributed by atoms with van der Waals surface area (Å²) in [6, 6.07) is 7.72. The van der Waals surface area contributed by atoms with Gasteiger partial charge in [-0.15, -0.1) is 0 Å². The maximum absolute atomic E-state index is 12.4. The van der Waals surface area contributed by atoms with Crippen molar-refractivity contribution in [3.05, 3.63) is 41.2 Å². The van der Waals surface area contributed by atoms with Crippen molar-refractivity contribution in [1.82, 2.24) is 20.7 Å². The molecule has 1 saturated carbocycles. The number of carbonyl (C=O) groups excluding carboxylic acids is 1. The van der Waals surface area contributed by atoms with Crippen LogP contribution in [0.15, 0.2) is 24.3 Å². The zero-order chi connectivity index (χ0) is 16.4. The predicted molar refractivity (Wildman–Crippen MR) is 86.4 cm³/mol. The molecule has 3 rings (SSSR count). The highest BCUT2D eigenvalue weighted by molar-refractivity contribution is 5.93. The first-order valence-electron chi connectivity index (χ1n) is 7.90.